The number of nitrogens with zero attached hydrogens (tertiary/aromatic N) is 2. The van der Waals surface area contributed by atoms with Gasteiger partial charge >= 0.3 is 0 Å². The van der Waals surface area contributed by atoms with Crippen molar-refractivity contribution in [2.24, 2.45) is 5.10 Å². The van der Waals surface area contributed by atoms with Crippen molar-refractivity contribution in [3.05, 3.63) is 69.8 Å². The number of benzene rings is 2. The number of aryl methyl sites for hydroxylation is 1. The maximum atomic E-state index is 11.7. The van der Waals surface area contributed by atoms with Gasteiger partial charge in [0, 0.05) is 24.1 Å². The van der Waals surface area contributed by atoms with Crippen molar-refractivity contribution < 1.29 is 14.8 Å². The van der Waals surface area contributed by atoms with Gasteiger partial charge in [0.15, 0.2) is 0 Å². The highest BCUT2D eigenvalue weighted by Crippen LogP contribution is 2.21. The average molecular weight is 313 g/mol. The summed E-state index contributed by atoms with van der Waals surface area (Å²) in [6.45, 7) is 0. The van der Waals surface area contributed by atoms with E-state index in [2.05, 4.69) is 10.5 Å². The van der Waals surface area contributed by atoms with Gasteiger partial charge in [-0.25, -0.2) is 5.43 Å². The first kappa shape index (κ1) is 16.2. The Balaban J connectivity index is 1.90. The van der Waals surface area contributed by atoms with Gasteiger partial charge in [0.2, 0.25) is 5.91 Å². The van der Waals surface area contributed by atoms with Crippen molar-refractivity contribution in [1.29, 1.82) is 0 Å². The van der Waals surface area contributed by atoms with Crippen LogP contribution < -0.4 is 5.43 Å². The van der Waals surface area contributed by atoms with Gasteiger partial charge in [0.05, 0.1) is 11.1 Å². The highest BCUT2D eigenvalue weighted by atomic mass is 16.6. The van der Waals surface area contributed by atoms with Crippen LogP contribution in [0.5, 0.6) is 5.75 Å². The molecule has 1 amide bonds. The molecule has 7 nitrogen and oxygen atoms in total. The zero-order chi connectivity index (χ0) is 16.7. The lowest BCUT2D eigenvalue weighted by molar-refractivity contribution is -0.384. The number of phenols is 1. The van der Waals surface area contributed by atoms with Gasteiger partial charge in [-0.15, -0.1) is 0 Å². The molecule has 0 aliphatic carbocycles. The highest BCUT2D eigenvalue weighted by molar-refractivity contribution is 5.86. The molecule has 7 heteroatoms. The van der Waals surface area contributed by atoms with E-state index in [4.69, 9.17) is 0 Å². The zero-order valence-electron chi connectivity index (χ0n) is 12.2. The van der Waals surface area contributed by atoms with Crippen LogP contribution in [0.3, 0.4) is 0 Å². The third kappa shape index (κ3) is 4.92. The predicted molar refractivity (Wildman–Crippen MR) is 85.3 cm³/mol. The Morgan fingerprint density at radius 2 is 2.00 bits per heavy atom. The molecule has 0 unspecified atom stereocenters. The summed E-state index contributed by atoms with van der Waals surface area (Å²) in [5, 5.41) is 24.0. The standard InChI is InChI=1S/C16H15N3O4/c20-15-8-7-14(19(22)23)10-13(15)11-17-18-16(21)9-6-12-4-2-1-3-5-12/h1-5,7-8,10-11,20H,6,9H2,(H,18,21). The van der Waals surface area contributed by atoms with Crippen LogP contribution >= 0.6 is 0 Å². The number of carbonyl (C=O) groups excluding carboxylic acids is 1. The fraction of sp³-hybridized carbons (Fsp3) is 0.125. The van der Waals surface area contributed by atoms with Crippen LogP contribution in [-0.4, -0.2) is 22.2 Å². The summed E-state index contributed by atoms with van der Waals surface area (Å²) in [5.74, 6) is -0.437. The molecule has 0 fully saturated rings. The van der Waals surface area contributed by atoms with E-state index in [1.54, 1.807) is 0 Å². The predicted octanol–water partition coefficient (Wildman–Crippen LogP) is 2.38. The number of carbonyl (C=O) groups is 1. The monoisotopic (exact) mass is 313 g/mol. The second kappa shape index (κ2) is 7.69. The lowest BCUT2D eigenvalue weighted by Gasteiger charge is -2.01. The molecule has 0 aliphatic rings. The largest absolute Gasteiger partial charge is 0.507 e. The third-order valence-electron chi connectivity index (χ3n) is 3.10. The number of phenolic OH excluding ortho intramolecular Hbond substituents is 1. The van der Waals surface area contributed by atoms with Gasteiger partial charge in [-0.3, -0.25) is 14.9 Å². The Kier molecular flexibility index (Phi) is 5.40. The molecule has 23 heavy (non-hydrogen) atoms. The molecule has 0 aliphatic heterocycles. The Bertz CT molecular complexity index is 729. The van der Waals surface area contributed by atoms with Crippen LogP contribution in [0.1, 0.15) is 17.5 Å². The number of nitro benzene ring substituents is 1. The normalized spacial score (nSPS) is 10.6. The molecule has 0 bridgehead atoms. The second-order valence-corrected chi connectivity index (χ2v) is 4.78. The molecule has 2 aromatic carbocycles. The van der Waals surface area contributed by atoms with Crippen molar-refractivity contribution >= 4 is 17.8 Å². The van der Waals surface area contributed by atoms with Crippen LogP contribution in [0.4, 0.5) is 5.69 Å². The number of amides is 1. The summed E-state index contributed by atoms with van der Waals surface area (Å²) in [6.07, 6.45) is 2.02. The van der Waals surface area contributed by atoms with Crippen LogP contribution in [0, 0.1) is 10.1 Å². The van der Waals surface area contributed by atoms with Gasteiger partial charge in [-0.05, 0) is 18.1 Å². The molecule has 118 valence electrons. The van der Waals surface area contributed by atoms with E-state index in [-0.39, 0.29) is 29.3 Å². The minimum absolute atomic E-state index is 0.155. The molecule has 0 spiro atoms. The van der Waals surface area contributed by atoms with E-state index < -0.39 is 4.92 Å². The van der Waals surface area contributed by atoms with Gasteiger partial charge < -0.3 is 5.11 Å². The zero-order valence-corrected chi connectivity index (χ0v) is 12.2. The van der Waals surface area contributed by atoms with E-state index >= 15 is 0 Å². The summed E-state index contributed by atoms with van der Waals surface area (Å²) in [7, 11) is 0. The molecule has 0 saturated heterocycles. The van der Waals surface area contributed by atoms with Crippen molar-refractivity contribution in [3.63, 3.8) is 0 Å². The van der Waals surface area contributed by atoms with Gasteiger partial charge in [-0.2, -0.15) is 5.10 Å². The molecule has 0 radical (unpaired) electrons. The number of hydrogen-bond acceptors (Lipinski definition) is 5. The molecule has 2 N–H and O–H groups in total. The van der Waals surface area contributed by atoms with E-state index in [0.717, 1.165) is 5.56 Å². The van der Waals surface area contributed by atoms with E-state index in [1.807, 2.05) is 30.3 Å². The summed E-state index contributed by atoms with van der Waals surface area (Å²) in [6, 6.07) is 13.1. The minimum atomic E-state index is -0.574. The Hall–Kier alpha value is -3.22. The number of hydrogen-bond donors (Lipinski definition) is 2. The van der Waals surface area contributed by atoms with Crippen molar-refractivity contribution in [3.8, 4) is 5.75 Å². The smallest absolute Gasteiger partial charge is 0.270 e. The minimum Gasteiger partial charge on any atom is -0.507 e. The first-order valence-electron chi connectivity index (χ1n) is 6.89. The summed E-state index contributed by atoms with van der Waals surface area (Å²) < 4.78 is 0. The molecule has 0 aromatic heterocycles. The quantitative estimate of drug-likeness (QED) is 0.485. The second-order valence-electron chi connectivity index (χ2n) is 4.78. The number of hydrazone groups is 1. The summed E-state index contributed by atoms with van der Waals surface area (Å²) >= 11 is 0. The van der Waals surface area contributed by atoms with Crippen LogP contribution in [0.2, 0.25) is 0 Å². The molecule has 0 heterocycles. The molecular formula is C16H15N3O4. The van der Waals surface area contributed by atoms with E-state index in [9.17, 15) is 20.0 Å². The molecule has 0 saturated carbocycles. The fourth-order valence-electron chi connectivity index (χ4n) is 1.89. The molecule has 2 rings (SSSR count). The number of nitro groups is 1. The number of rotatable bonds is 6. The van der Waals surface area contributed by atoms with Crippen molar-refractivity contribution in [1.82, 2.24) is 5.43 Å². The van der Waals surface area contributed by atoms with E-state index in [1.165, 1.54) is 24.4 Å². The average Bonchev–Trinajstić information content (AvgIpc) is 2.55. The van der Waals surface area contributed by atoms with E-state index in [0.29, 0.717) is 6.42 Å². The van der Waals surface area contributed by atoms with Gasteiger partial charge in [0.1, 0.15) is 5.75 Å². The van der Waals surface area contributed by atoms with Gasteiger partial charge in [0.25, 0.3) is 5.69 Å². The first-order valence-corrected chi connectivity index (χ1v) is 6.89. The van der Waals surface area contributed by atoms with Crippen LogP contribution in [0.15, 0.2) is 53.6 Å². The number of non-ortho nitro benzene ring substituents is 1. The lowest BCUT2D eigenvalue weighted by Crippen LogP contribution is -2.17. The van der Waals surface area contributed by atoms with Gasteiger partial charge in [-0.1, -0.05) is 30.3 Å². The Labute approximate surface area is 132 Å². The van der Waals surface area contributed by atoms with Crippen LogP contribution in [0.25, 0.3) is 0 Å². The molecular weight excluding hydrogens is 298 g/mol. The highest BCUT2D eigenvalue weighted by Gasteiger charge is 2.08. The summed E-state index contributed by atoms with van der Waals surface area (Å²) in [5.41, 5.74) is 3.36. The Morgan fingerprint density at radius 3 is 2.70 bits per heavy atom. The van der Waals surface area contributed by atoms with Crippen molar-refractivity contribution in [2.75, 3.05) is 0 Å². The fourth-order valence-corrected chi connectivity index (χ4v) is 1.89. The number of aromatic hydroxyl groups is 1. The third-order valence-corrected chi connectivity index (χ3v) is 3.10. The Morgan fingerprint density at radius 1 is 1.26 bits per heavy atom. The summed E-state index contributed by atoms with van der Waals surface area (Å²) in [4.78, 5) is 21.8. The topological polar surface area (TPSA) is 105 Å². The molecule has 0 atom stereocenters. The molecule has 2 aromatic rings. The van der Waals surface area contributed by atoms with Crippen LogP contribution in [-0.2, 0) is 11.2 Å². The van der Waals surface area contributed by atoms with Crippen molar-refractivity contribution in [2.45, 2.75) is 12.8 Å². The lowest BCUT2D eigenvalue weighted by atomic mass is 10.1. The maximum Gasteiger partial charge on any atom is 0.270 e. The maximum absolute atomic E-state index is 11.7. The SMILES string of the molecule is O=C(CCc1ccccc1)NN=Cc1cc([N+](=O)[O-])ccc1O. The first-order chi connectivity index (χ1) is 11.1. The number of nitrogens with one attached hydrogen (secondary N) is 1.